The van der Waals surface area contributed by atoms with Crippen molar-refractivity contribution in [2.75, 3.05) is 6.61 Å². The molecular weight excluding hydrogens is 360 g/mol. The summed E-state index contributed by atoms with van der Waals surface area (Å²) in [6.45, 7) is 2.51. The molecular formula is C22H46O4S. The lowest BCUT2D eigenvalue weighted by Crippen LogP contribution is -2.20. The molecule has 5 heteroatoms. The monoisotopic (exact) mass is 406 g/mol. The first-order chi connectivity index (χ1) is 13.0. The molecule has 4 nitrogen and oxygen atoms in total. The first-order valence-corrected chi connectivity index (χ1v) is 13.1. The topological polar surface area (TPSA) is 74.6 Å². The molecule has 0 saturated carbocycles. The largest absolute Gasteiger partial charge is 0.396 e. The van der Waals surface area contributed by atoms with Crippen molar-refractivity contribution in [1.82, 2.24) is 0 Å². The third-order valence-electron chi connectivity index (χ3n) is 5.49. The fraction of sp³-hybridized carbons (Fsp3) is 1.00. The van der Waals surface area contributed by atoms with Gasteiger partial charge in [0.25, 0.3) is 10.1 Å². The molecule has 0 aliphatic carbocycles. The van der Waals surface area contributed by atoms with E-state index >= 15 is 0 Å². The van der Waals surface area contributed by atoms with Crippen molar-refractivity contribution in [2.45, 2.75) is 134 Å². The van der Waals surface area contributed by atoms with Crippen LogP contribution in [0, 0.1) is 0 Å². The van der Waals surface area contributed by atoms with Gasteiger partial charge in [-0.2, -0.15) is 8.42 Å². The Morgan fingerprint density at radius 3 is 1.26 bits per heavy atom. The minimum Gasteiger partial charge on any atom is -0.396 e. The molecule has 0 aliphatic rings. The summed E-state index contributed by atoms with van der Waals surface area (Å²) < 4.78 is 32.6. The molecule has 0 aromatic heterocycles. The van der Waals surface area contributed by atoms with Crippen LogP contribution in [0.15, 0.2) is 0 Å². The van der Waals surface area contributed by atoms with Crippen molar-refractivity contribution in [2.24, 2.45) is 0 Å². The summed E-state index contributed by atoms with van der Waals surface area (Å²) in [7, 11) is -3.89. The van der Waals surface area contributed by atoms with Crippen LogP contribution in [0.3, 0.4) is 0 Å². The molecule has 0 saturated heterocycles. The second-order valence-corrected chi connectivity index (χ2v) is 9.79. The van der Waals surface area contributed by atoms with Gasteiger partial charge in [-0.1, -0.05) is 110 Å². The molecule has 0 aromatic carbocycles. The molecule has 164 valence electrons. The van der Waals surface area contributed by atoms with Crippen LogP contribution < -0.4 is 0 Å². The van der Waals surface area contributed by atoms with Crippen LogP contribution in [0.2, 0.25) is 0 Å². The Morgan fingerprint density at radius 2 is 0.926 bits per heavy atom. The predicted octanol–water partition coefficient (Wildman–Crippen LogP) is 6.67. The molecule has 0 rings (SSSR count). The summed E-state index contributed by atoms with van der Waals surface area (Å²) in [5.41, 5.74) is 0. The zero-order valence-electron chi connectivity index (χ0n) is 17.8. The van der Waals surface area contributed by atoms with Gasteiger partial charge in [-0.05, 0) is 19.3 Å². The van der Waals surface area contributed by atoms with E-state index in [0.29, 0.717) is 19.4 Å². The standard InChI is InChI=1S/C22H46O4S/c1-2-3-4-5-13-16-19-22(27(24,25)26)20-17-14-11-9-7-6-8-10-12-15-18-21-23/h22-23H,2-21H2,1H3,(H,24,25,26). The molecule has 0 aliphatic heterocycles. The highest BCUT2D eigenvalue weighted by molar-refractivity contribution is 7.86. The fourth-order valence-electron chi connectivity index (χ4n) is 3.67. The molecule has 1 atom stereocenters. The summed E-state index contributed by atoms with van der Waals surface area (Å²) >= 11 is 0. The zero-order valence-corrected chi connectivity index (χ0v) is 18.7. The predicted molar refractivity (Wildman–Crippen MR) is 116 cm³/mol. The number of hydrogen-bond donors (Lipinski definition) is 2. The summed E-state index contributed by atoms with van der Waals surface area (Å²) in [6, 6.07) is 0. The van der Waals surface area contributed by atoms with Crippen molar-refractivity contribution in [3.8, 4) is 0 Å². The Morgan fingerprint density at radius 1 is 0.593 bits per heavy atom. The van der Waals surface area contributed by atoms with Gasteiger partial charge < -0.3 is 5.11 Å². The molecule has 0 bridgehead atoms. The minimum atomic E-state index is -3.89. The summed E-state index contributed by atoms with van der Waals surface area (Å²) in [5, 5.41) is 8.17. The van der Waals surface area contributed by atoms with Crippen molar-refractivity contribution in [3.63, 3.8) is 0 Å². The number of aliphatic hydroxyl groups excluding tert-OH is 1. The van der Waals surface area contributed by atoms with Gasteiger partial charge in [-0.3, -0.25) is 4.55 Å². The van der Waals surface area contributed by atoms with Gasteiger partial charge in [0.15, 0.2) is 0 Å². The molecule has 0 fully saturated rings. The second kappa shape index (κ2) is 19.2. The van der Waals surface area contributed by atoms with E-state index in [0.717, 1.165) is 38.5 Å². The average Bonchev–Trinajstić information content (AvgIpc) is 2.62. The molecule has 1 unspecified atom stereocenters. The van der Waals surface area contributed by atoms with Gasteiger partial charge in [-0.25, -0.2) is 0 Å². The smallest absolute Gasteiger partial charge is 0.267 e. The first kappa shape index (κ1) is 26.9. The Bertz CT molecular complexity index is 395. The van der Waals surface area contributed by atoms with Crippen LogP contribution in [0.5, 0.6) is 0 Å². The number of unbranched alkanes of at least 4 members (excludes halogenated alkanes) is 15. The number of aliphatic hydroxyl groups is 1. The third kappa shape index (κ3) is 19.0. The van der Waals surface area contributed by atoms with Crippen LogP contribution in [-0.4, -0.2) is 29.9 Å². The van der Waals surface area contributed by atoms with Gasteiger partial charge in [0.05, 0.1) is 5.25 Å². The maximum Gasteiger partial charge on any atom is 0.267 e. The first-order valence-electron chi connectivity index (χ1n) is 11.6. The van der Waals surface area contributed by atoms with E-state index in [1.54, 1.807) is 0 Å². The van der Waals surface area contributed by atoms with Gasteiger partial charge in [-0.15, -0.1) is 0 Å². The number of rotatable bonds is 21. The van der Waals surface area contributed by atoms with Crippen LogP contribution in [-0.2, 0) is 10.1 Å². The van der Waals surface area contributed by atoms with E-state index in [2.05, 4.69) is 6.92 Å². The average molecular weight is 407 g/mol. The van der Waals surface area contributed by atoms with Crippen LogP contribution in [0.4, 0.5) is 0 Å². The van der Waals surface area contributed by atoms with Crippen molar-refractivity contribution >= 4 is 10.1 Å². The quantitative estimate of drug-likeness (QED) is 0.165. The normalized spacial score (nSPS) is 13.1. The minimum absolute atomic E-state index is 0.317. The lowest BCUT2D eigenvalue weighted by Gasteiger charge is -2.13. The highest BCUT2D eigenvalue weighted by Crippen LogP contribution is 2.19. The Hall–Kier alpha value is -0.130. The lowest BCUT2D eigenvalue weighted by atomic mass is 10.0. The van der Waals surface area contributed by atoms with E-state index in [4.69, 9.17) is 5.11 Å². The Kier molecular flexibility index (Phi) is 19.1. The molecule has 2 N–H and O–H groups in total. The molecule has 0 aromatic rings. The van der Waals surface area contributed by atoms with E-state index in [9.17, 15) is 13.0 Å². The van der Waals surface area contributed by atoms with Crippen molar-refractivity contribution < 1.29 is 18.1 Å². The van der Waals surface area contributed by atoms with Gasteiger partial charge >= 0.3 is 0 Å². The highest BCUT2D eigenvalue weighted by Gasteiger charge is 2.21. The number of hydrogen-bond acceptors (Lipinski definition) is 3. The maximum absolute atomic E-state index is 11.6. The van der Waals surface area contributed by atoms with Crippen LogP contribution in [0.25, 0.3) is 0 Å². The lowest BCUT2D eigenvalue weighted by molar-refractivity contribution is 0.282. The van der Waals surface area contributed by atoms with E-state index in [1.807, 2.05) is 0 Å². The fourth-order valence-corrected chi connectivity index (χ4v) is 4.60. The molecule has 0 amide bonds. The Balaban J connectivity index is 3.60. The molecule has 0 heterocycles. The highest BCUT2D eigenvalue weighted by atomic mass is 32.2. The van der Waals surface area contributed by atoms with Crippen LogP contribution in [0.1, 0.15) is 129 Å². The van der Waals surface area contributed by atoms with Gasteiger partial charge in [0, 0.05) is 6.61 Å². The molecule has 27 heavy (non-hydrogen) atoms. The summed E-state index contributed by atoms with van der Waals surface area (Å²) in [6.07, 6.45) is 20.9. The summed E-state index contributed by atoms with van der Waals surface area (Å²) in [4.78, 5) is 0. The zero-order chi connectivity index (χ0) is 20.2. The van der Waals surface area contributed by atoms with Gasteiger partial charge in [0.1, 0.15) is 0 Å². The van der Waals surface area contributed by atoms with Crippen molar-refractivity contribution in [1.29, 1.82) is 0 Å². The summed E-state index contributed by atoms with van der Waals surface area (Å²) in [5.74, 6) is 0. The third-order valence-corrected chi connectivity index (χ3v) is 6.80. The van der Waals surface area contributed by atoms with Crippen molar-refractivity contribution in [3.05, 3.63) is 0 Å². The van der Waals surface area contributed by atoms with E-state index < -0.39 is 15.4 Å². The molecule has 0 spiro atoms. The Labute approximate surface area is 169 Å². The SMILES string of the molecule is CCCCCCCCC(CCCCCCCCCCCCCO)S(=O)(=O)O. The maximum atomic E-state index is 11.6. The second-order valence-electron chi connectivity index (χ2n) is 8.09. The van der Waals surface area contributed by atoms with Crippen LogP contribution >= 0.6 is 0 Å². The molecule has 0 radical (unpaired) electrons. The van der Waals surface area contributed by atoms with E-state index in [1.165, 1.54) is 70.6 Å². The van der Waals surface area contributed by atoms with E-state index in [-0.39, 0.29) is 0 Å². The van der Waals surface area contributed by atoms with Gasteiger partial charge in [0.2, 0.25) is 0 Å².